The van der Waals surface area contributed by atoms with E-state index in [0.29, 0.717) is 0 Å². The molecule has 0 N–H and O–H groups in total. The summed E-state index contributed by atoms with van der Waals surface area (Å²) in [6, 6.07) is 51.0. The molecule has 46 heavy (non-hydrogen) atoms. The quantitative estimate of drug-likeness (QED) is 0.199. The lowest BCUT2D eigenvalue weighted by atomic mass is 9.82. The van der Waals surface area contributed by atoms with Crippen molar-refractivity contribution in [2.24, 2.45) is 0 Å². The molecule has 0 unspecified atom stereocenters. The van der Waals surface area contributed by atoms with Crippen molar-refractivity contribution in [3.8, 4) is 11.1 Å². The van der Waals surface area contributed by atoms with Crippen LogP contribution in [-0.4, -0.2) is 0 Å². The van der Waals surface area contributed by atoms with Crippen molar-refractivity contribution in [1.82, 2.24) is 0 Å². The average Bonchev–Trinajstić information content (AvgIpc) is 3.72. The zero-order valence-electron chi connectivity index (χ0n) is 25.5. The van der Waals surface area contributed by atoms with Crippen LogP contribution in [-0.2, 0) is 5.41 Å². The molecule has 0 saturated carbocycles. The minimum absolute atomic E-state index is 0.0535. The van der Waals surface area contributed by atoms with Crippen molar-refractivity contribution in [2.45, 2.75) is 19.3 Å². The second-order valence-electron chi connectivity index (χ2n) is 12.9. The summed E-state index contributed by atoms with van der Waals surface area (Å²) < 4.78 is 8.88. The van der Waals surface area contributed by atoms with Crippen LogP contribution in [0.15, 0.2) is 144 Å². The molecule has 0 bridgehead atoms. The number of para-hydroxylation sites is 1. The predicted octanol–water partition coefficient (Wildman–Crippen LogP) is 12.9. The first-order valence-electron chi connectivity index (χ1n) is 15.9. The standard InChI is InChI=1S/C43H29NOS/c1-43(2)36-16-8-5-13-30(36)33-24-27(19-21-37(33)43)44(28-20-22-39-34(25-28)31-14-6-9-17-38(31)45-39)41-29-12-4-3-11-26(29)23-35-32-15-7-10-18-40(32)46-42(35)41/h3-25H,1-2H3. The molecule has 0 radical (unpaired) electrons. The van der Waals surface area contributed by atoms with E-state index in [9.17, 15) is 0 Å². The Morgan fingerprint density at radius 3 is 2.11 bits per heavy atom. The highest BCUT2D eigenvalue weighted by molar-refractivity contribution is 7.26. The molecule has 9 aromatic rings. The van der Waals surface area contributed by atoms with Gasteiger partial charge in [-0.3, -0.25) is 0 Å². The Labute approximate surface area is 270 Å². The van der Waals surface area contributed by atoms with Gasteiger partial charge in [0.25, 0.3) is 0 Å². The lowest BCUT2D eigenvalue weighted by molar-refractivity contribution is 0.660. The van der Waals surface area contributed by atoms with Crippen molar-refractivity contribution in [1.29, 1.82) is 0 Å². The van der Waals surface area contributed by atoms with E-state index < -0.39 is 0 Å². The number of rotatable bonds is 3. The first-order chi connectivity index (χ1) is 22.6. The van der Waals surface area contributed by atoms with Crippen LogP contribution in [0.25, 0.3) is 64.0 Å². The van der Waals surface area contributed by atoms with Gasteiger partial charge in [0, 0.05) is 48.4 Å². The number of hydrogen-bond donors (Lipinski definition) is 0. The summed E-state index contributed by atoms with van der Waals surface area (Å²) in [4.78, 5) is 2.50. The number of benzene rings is 7. The predicted molar refractivity (Wildman–Crippen MR) is 196 cm³/mol. The monoisotopic (exact) mass is 607 g/mol. The normalized spacial score (nSPS) is 13.6. The zero-order valence-corrected chi connectivity index (χ0v) is 26.4. The second-order valence-corrected chi connectivity index (χ2v) is 14.0. The minimum Gasteiger partial charge on any atom is -0.456 e. The third kappa shape index (κ3) is 3.52. The van der Waals surface area contributed by atoms with E-state index in [4.69, 9.17) is 4.42 Å². The molecule has 1 aliphatic carbocycles. The van der Waals surface area contributed by atoms with Crippen LogP contribution in [0.3, 0.4) is 0 Å². The van der Waals surface area contributed by atoms with Crippen molar-refractivity contribution < 1.29 is 4.42 Å². The van der Waals surface area contributed by atoms with E-state index in [-0.39, 0.29) is 5.41 Å². The lowest BCUT2D eigenvalue weighted by Crippen LogP contribution is -2.15. The highest BCUT2D eigenvalue weighted by Crippen LogP contribution is 2.53. The molecule has 2 nitrogen and oxygen atoms in total. The Balaban J connectivity index is 1.33. The van der Waals surface area contributed by atoms with Crippen LogP contribution >= 0.6 is 11.3 Å². The van der Waals surface area contributed by atoms with Crippen molar-refractivity contribution in [3.05, 3.63) is 151 Å². The SMILES string of the molecule is CC1(C)c2ccccc2-c2cc(N(c3ccc4oc5ccccc5c4c3)c3c4ccccc4cc4c3sc3ccccc34)ccc21. The smallest absolute Gasteiger partial charge is 0.135 e. The number of fused-ring (bicyclic) bond motifs is 10. The van der Waals surface area contributed by atoms with Crippen LogP contribution in [0.5, 0.6) is 0 Å². The molecule has 2 heterocycles. The van der Waals surface area contributed by atoms with Crippen molar-refractivity contribution in [3.63, 3.8) is 0 Å². The number of thiophene rings is 1. The Hall–Kier alpha value is -5.38. The molecule has 0 spiro atoms. The van der Waals surface area contributed by atoms with Gasteiger partial charge in [0.2, 0.25) is 0 Å². The van der Waals surface area contributed by atoms with Gasteiger partial charge in [0.05, 0.1) is 10.4 Å². The van der Waals surface area contributed by atoms with Gasteiger partial charge in [0.15, 0.2) is 0 Å². The van der Waals surface area contributed by atoms with Crippen LogP contribution in [0, 0.1) is 0 Å². The fourth-order valence-corrected chi connectivity index (χ4v) is 9.06. The summed E-state index contributed by atoms with van der Waals surface area (Å²) in [6.45, 7) is 4.69. The van der Waals surface area contributed by atoms with Crippen molar-refractivity contribution in [2.75, 3.05) is 4.90 Å². The summed E-state index contributed by atoms with van der Waals surface area (Å²) in [5.41, 5.74) is 10.6. The van der Waals surface area contributed by atoms with Gasteiger partial charge < -0.3 is 9.32 Å². The molecule has 0 atom stereocenters. The van der Waals surface area contributed by atoms with E-state index in [1.165, 1.54) is 58.9 Å². The average molecular weight is 608 g/mol. The summed E-state index contributed by atoms with van der Waals surface area (Å²) >= 11 is 1.88. The van der Waals surface area contributed by atoms with E-state index >= 15 is 0 Å². The lowest BCUT2D eigenvalue weighted by Gasteiger charge is -2.29. The summed E-state index contributed by atoms with van der Waals surface area (Å²) in [6.07, 6.45) is 0. The van der Waals surface area contributed by atoms with Crippen LogP contribution in [0.2, 0.25) is 0 Å². The second kappa shape index (κ2) is 9.32. The minimum atomic E-state index is -0.0535. The number of anilines is 3. The summed E-state index contributed by atoms with van der Waals surface area (Å²) in [7, 11) is 0. The van der Waals surface area contributed by atoms with Gasteiger partial charge >= 0.3 is 0 Å². The molecule has 10 rings (SSSR count). The Bertz CT molecular complexity index is 2690. The molecule has 218 valence electrons. The maximum absolute atomic E-state index is 6.28. The van der Waals surface area contributed by atoms with Gasteiger partial charge in [-0.15, -0.1) is 11.3 Å². The molecular formula is C43H29NOS. The Kier molecular flexibility index (Phi) is 5.25. The number of nitrogens with zero attached hydrogens (tertiary/aromatic N) is 1. The third-order valence-electron chi connectivity index (χ3n) is 10.0. The molecule has 0 aliphatic heterocycles. The molecule has 0 fully saturated rings. The topological polar surface area (TPSA) is 16.4 Å². The van der Waals surface area contributed by atoms with Crippen LogP contribution in [0.1, 0.15) is 25.0 Å². The molecular weight excluding hydrogens is 579 g/mol. The highest BCUT2D eigenvalue weighted by atomic mass is 32.1. The summed E-state index contributed by atoms with van der Waals surface area (Å²) in [5, 5.41) is 7.32. The third-order valence-corrected chi connectivity index (χ3v) is 11.2. The first kappa shape index (κ1) is 25.9. The van der Waals surface area contributed by atoms with Crippen LogP contribution < -0.4 is 4.90 Å². The molecule has 2 aromatic heterocycles. The maximum atomic E-state index is 6.28. The van der Waals surface area contributed by atoms with Gasteiger partial charge in [-0.2, -0.15) is 0 Å². The first-order valence-corrected chi connectivity index (χ1v) is 16.7. The van der Waals surface area contributed by atoms with E-state index in [1.807, 2.05) is 17.4 Å². The zero-order chi connectivity index (χ0) is 30.6. The molecule has 3 heteroatoms. The van der Waals surface area contributed by atoms with E-state index in [1.54, 1.807) is 0 Å². The van der Waals surface area contributed by atoms with Gasteiger partial charge in [-0.25, -0.2) is 0 Å². The Morgan fingerprint density at radius 1 is 0.522 bits per heavy atom. The van der Waals surface area contributed by atoms with E-state index in [0.717, 1.165) is 33.3 Å². The highest BCUT2D eigenvalue weighted by Gasteiger charge is 2.36. The molecule has 0 amide bonds. The fraction of sp³-hybridized carbons (Fsp3) is 0.0698. The van der Waals surface area contributed by atoms with Crippen molar-refractivity contribution >= 4 is 81.3 Å². The fourth-order valence-electron chi connectivity index (χ4n) is 7.83. The number of furan rings is 1. The number of hydrogen-bond acceptors (Lipinski definition) is 3. The van der Waals surface area contributed by atoms with Gasteiger partial charge in [-0.1, -0.05) is 105 Å². The largest absolute Gasteiger partial charge is 0.456 e. The Morgan fingerprint density at radius 2 is 1.20 bits per heavy atom. The molecule has 1 aliphatic rings. The van der Waals surface area contributed by atoms with E-state index in [2.05, 4.69) is 152 Å². The molecule has 0 saturated heterocycles. The van der Waals surface area contributed by atoms with Crippen LogP contribution in [0.4, 0.5) is 17.1 Å². The molecule has 7 aromatic carbocycles. The maximum Gasteiger partial charge on any atom is 0.135 e. The van der Waals surface area contributed by atoms with Gasteiger partial charge in [-0.05, 0) is 76.2 Å². The summed E-state index contributed by atoms with van der Waals surface area (Å²) in [5.74, 6) is 0. The van der Waals surface area contributed by atoms with Gasteiger partial charge in [0.1, 0.15) is 11.2 Å².